The van der Waals surface area contributed by atoms with Crippen molar-refractivity contribution in [3.8, 4) is 39.3 Å². The topological polar surface area (TPSA) is 31.0 Å². The second-order valence-corrected chi connectivity index (χ2v) is 12.0. The first kappa shape index (κ1) is 22.1. The predicted octanol–water partition coefficient (Wildman–Crippen LogP) is 12.2. The molecule has 3 nitrogen and oxygen atoms in total. The number of benzene rings is 8. The molecule has 0 amide bonds. The van der Waals surface area contributed by atoms with E-state index in [-0.39, 0.29) is 17.8 Å². The van der Waals surface area contributed by atoms with Gasteiger partial charge in [-0.15, -0.1) is 0 Å². The fourth-order valence-corrected chi connectivity index (χ4v) is 7.25. The quantitative estimate of drug-likeness (QED) is 0.184. The van der Waals surface area contributed by atoms with Crippen LogP contribution in [0.1, 0.15) is 6.85 Å². The van der Waals surface area contributed by atoms with E-state index in [9.17, 15) is 0 Å². The average Bonchev–Trinajstić information content (AvgIpc) is 3.77. The fraction of sp³-hybridized carbons (Fsp3) is 0. The van der Waals surface area contributed by atoms with Gasteiger partial charge in [0.15, 0.2) is 0 Å². The lowest BCUT2D eigenvalue weighted by atomic mass is 9.85. The maximum Gasteiger partial charge on any atom is 0.145 e. The smallest absolute Gasteiger partial charge is 0.145 e. The minimum absolute atomic E-state index is 0.0627. The summed E-state index contributed by atoms with van der Waals surface area (Å²) in [6.07, 6.45) is 0. The number of fused-ring (bicyclic) bond motifs is 6. The maximum absolute atomic E-state index is 8.84. The molecule has 0 fully saturated rings. The third kappa shape index (κ3) is 4.04. The molecule has 8 aromatic carbocycles. The van der Waals surface area contributed by atoms with E-state index in [1.54, 1.807) is 4.57 Å². The monoisotopic (exact) mass is 617 g/mol. The summed E-state index contributed by atoms with van der Waals surface area (Å²) in [5.74, 6) is 0.484. The molecule has 224 valence electrons. The van der Waals surface area contributed by atoms with Crippen LogP contribution in [0.25, 0.3) is 93.8 Å². The lowest BCUT2D eigenvalue weighted by molar-refractivity contribution is 0.669. The van der Waals surface area contributed by atoms with Crippen LogP contribution in [0.3, 0.4) is 0 Å². The summed E-state index contributed by atoms with van der Waals surface area (Å²) in [5.41, 5.74) is 8.12. The molecule has 2 heterocycles. The third-order valence-electron chi connectivity index (χ3n) is 9.28. The van der Waals surface area contributed by atoms with Gasteiger partial charge in [0.2, 0.25) is 0 Å². The molecule has 3 heteroatoms. The summed E-state index contributed by atoms with van der Waals surface area (Å²) in [5, 5.41) is 6.57. The number of nitrogens with zero attached hydrogens (tertiary/aromatic N) is 2. The van der Waals surface area contributed by atoms with Gasteiger partial charge in [0.1, 0.15) is 17.0 Å². The molecule has 0 aliphatic heterocycles. The van der Waals surface area contributed by atoms with Crippen molar-refractivity contribution >= 4 is 54.5 Å². The van der Waals surface area contributed by atoms with Crippen LogP contribution in [0.4, 0.5) is 0 Å². The molecule has 0 saturated heterocycles. The molecule has 48 heavy (non-hydrogen) atoms. The Hall–Kier alpha value is -6.45. The fourth-order valence-electron chi connectivity index (χ4n) is 7.25. The van der Waals surface area contributed by atoms with Crippen molar-refractivity contribution in [1.29, 1.82) is 0 Å². The Bertz CT molecular complexity index is 3060. The number of imidazole rings is 1. The molecule has 2 aromatic heterocycles. The molecule has 0 saturated carbocycles. The van der Waals surface area contributed by atoms with E-state index in [4.69, 9.17) is 16.3 Å². The highest BCUT2D eigenvalue weighted by Crippen LogP contribution is 2.45. The molecule has 0 aliphatic carbocycles. The normalized spacial score (nSPS) is 13.2. The number of furan rings is 1. The number of hydrogen-bond acceptors (Lipinski definition) is 2. The van der Waals surface area contributed by atoms with Crippen molar-refractivity contribution in [2.75, 3.05) is 0 Å². The summed E-state index contributed by atoms with van der Waals surface area (Å²) in [7, 11) is 0. The molecule has 0 radical (unpaired) electrons. The van der Waals surface area contributed by atoms with Gasteiger partial charge in [0, 0.05) is 22.0 Å². The molecule has 0 atom stereocenters. The molecule has 0 N–H and O–H groups in total. The zero-order valence-electron chi connectivity index (χ0n) is 30.6. The lowest BCUT2D eigenvalue weighted by Gasteiger charge is -2.18. The van der Waals surface area contributed by atoms with Crippen molar-refractivity contribution in [2.45, 2.75) is 0 Å². The molecule has 0 unspecified atom stereocenters. The zero-order valence-corrected chi connectivity index (χ0v) is 25.6. The highest BCUT2D eigenvalue weighted by Gasteiger charge is 2.19. The Morgan fingerprint density at radius 3 is 1.79 bits per heavy atom. The van der Waals surface area contributed by atoms with Gasteiger partial charge in [-0.3, -0.25) is 4.57 Å². The Labute approximate surface area is 284 Å². The molecule has 0 spiro atoms. The van der Waals surface area contributed by atoms with Crippen LogP contribution in [-0.2, 0) is 0 Å². The van der Waals surface area contributed by atoms with Gasteiger partial charge in [-0.1, -0.05) is 121 Å². The number of rotatable bonds is 4. The SMILES string of the molecule is [2H]c1c([2H])c([2H])c(-n2c(-c3cccc(-c4c5ccccc5c(-c5ccc6oc7ccccc7c6c5)c5ccccc45)c3)nc3ccccc32)c([2H])c1[2H]. The first-order valence-corrected chi connectivity index (χ1v) is 15.9. The maximum atomic E-state index is 8.84. The van der Waals surface area contributed by atoms with E-state index in [2.05, 4.69) is 84.9 Å². The van der Waals surface area contributed by atoms with Crippen molar-refractivity contribution in [3.63, 3.8) is 0 Å². The summed E-state index contributed by atoms with van der Waals surface area (Å²) in [4.78, 5) is 5.00. The molecule has 10 aromatic rings. The zero-order chi connectivity index (χ0) is 36.0. The number of para-hydroxylation sites is 4. The highest BCUT2D eigenvalue weighted by molar-refractivity contribution is 6.22. The van der Waals surface area contributed by atoms with Crippen LogP contribution >= 0.6 is 0 Å². The van der Waals surface area contributed by atoms with Crippen molar-refractivity contribution in [3.05, 3.63) is 170 Å². The summed E-state index contributed by atoms with van der Waals surface area (Å²) in [6, 6.07) is 45.4. The summed E-state index contributed by atoms with van der Waals surface area (Å²) < 4.78 is 50.6. The Kier molecular flexibility index (Phi) is 4.86. The van der Waals surface area contributed by atoms with Gasteiger partial charge in [-0.25, -0.2) is 4.98 Å². The van der Waals surface area contributed by atoms with Gasteiger partial charge in [0.25, 0.3) is 0 Å². The van der Waals surface area contributed by atoms with E-state index < -0.39 is 18.1 Å². The average molecular weight is 618 g/mol. The number of hydrogen-bond donors (Lipinski definition) is 0. The third-order valence-corrected chi connectivity index (χ3v) is 9.28. The van der Waals surface area contributed by atoms with Crippen molar-refractivity contribution in [1.82, 2.24) is 9.55 Å². The van der Waals surface area contributed by atoms with E-state index in [0.717, 1.165) is 71.3 Å². The minimum Gasteiger partial charge on any atom is -0.456 e. The van der Waals surface area contributed by atoms with Crippen LogP contribution in [-0.4, -0.2) is 9.55 Å². The van der Waals surface area contributed by atoms with E-state index >= 15 is 0 Å². The van der Waals surface area contributed by atoms with Gasteiger partial charge in [0.05, 0.1) is 17.9 Å². The second-order valence-electron chi connectivity index (χ2n) is 12.0. The second kappa shape index (κ2) is 10.5. The van der Waals surface area contributed by atoms with Gasteiger partial charge in [-0.05, 0) is 92.3 Å². The van der Waals surface area contributed by atoms with Crippen molar-refractivity contribution in [2.24, 2.45) is 0 Å². The van der Waals surface area contributed by atoms with Crippen LogP contribution in [0.15, 0.2) is 174 Å². The molecule has 10 rings (SSSR count). The van der Waals surface area contributed by atoms with Gasteiger partial charge in [-0.2, -0.15) is 0 Å². The Morgan fingerprint density at radius 2 is 1.06 bits per heavy atom. The summed E-state index contributed by atoms with van der Waals surface area (Å²) in [6.45, 7) is 0. The molecule has 0 aliphatic rings. The van der Waals surface area contributed by atoms with Crippen molar-refractivity contribution < 1.29 is 11.3 Å². The van der Waals surface area contributed by atoms with Crippen LogP contribution in [0.2, 0.25) is 0 Å². The standard InChI is InChI=1S/C45H28N2O/c1-2-15-32(16-3-1)47-40-23-10-9-22-39(40)46-45(47)31-14-12-13-29(27-31)43-34-18-4-6-20-36(34)44(37-21-7-5-19-35(37)43)30-25-26-42-38(28-30)33-17-8-11-24-41(33)48-42/h1-28H/i1D,2D,3D,15D,16D. The molecule has 0 bridgehead atoms. The first-order valence-electron chi connectivity index (χ1n) is 18.4. The van der Waals surface area contributed by atoms with Crippen LogP contribution in [0.5, 0.6) is 0 Å². The highest BCUT2D eigenvalue weighted by atomic mass is 16.3. The van der Waals surface area contributed by atoms with E-state index in [1.807, 2.05) is 54.6 Å². The van der Waals surface area contributed by atoms with Gasteiger partial charge < -0.3 is 4.42 Å². The van der Waals surface area contributed by atoms with Crippen LogP contribution < -0.4 is 0 Å². The molecular weight excluding hydrogens is 585 g/mol. The molecular formula is C45H28N2O. The van der Waals surface area contributed by atoms with E-state index in [0.29, 0.717) is 16.9 Å². The van der Waals surface area contributed by atoms with E-state index in [1.165, 1.54) is 0 Å². The lowest BCUT2D eigenvalue weighted by Crippen LogP contribution is -1.97. The Morgan fingerprint density at radius 1 is 0.479 bits per heavy atom. The summed E-state index contributed by atoms with van der Waals surface area (Å²) >= 11 is 0. The van der Waals surface area contributed by atoms with Crippen LogP contribution in [0, 0.1) is 0 Å². The number of aromatic nitrogens is 2. The van der Waals surface area contributed by atoms with Gasteiger partial charge >= 0.3 is 0 Å². The first-order chi connectivity index (χ1) is 25.9. The predicted molar refractivity (Wildman–Crippen MR) is 200 cm³/mol. The minimum atomic E-state index is -0.433. The largest absolute Gasteiger partial charge is 0.456 e. The Balaban J connectivity index is 1.23.